The van der Waals surface area contributed by atoms with Crippen molar-refractivity contribution in [3.63, 3.8) is 0 Å². The van der Waals surface area contributed by atoms with Gasteiger partial charge >= 0.3 is 0 Å². The number of rotatable bonds is 6. The maximum absolute atomic E-state index is 6.07. The van der Waals surface area contributed by atoms with E-state index in [1.807, 2.05) is 30.9 Å². The van der Waals surface area contributed by atoms with Crippen LogP contribution in [0.5, 0.6) is 0 Å². The number of aromatic nitrogens is 2. The minimum absolute atomic E-state index is 0.464. The van der Waals surface area contributed by atoms with Crippen LogP contribution in [-0.4, -0.2) is 34.0 Å². The predicted octanol–water partition coefficient (Wildman–Crippen LogP) is 3.86. The molecule has 0 saturated heterocycles. The Bertz CT molecular complexity index is 689. The molecule has 0 amide bonds. The van der Waals surface area contributed by atoms with Crippen molar-refractivity contribution in [1.29, 1.82) is 0 Å². The molecule has 0 radical (unpaired) electrons. The third kappa shape index (κ3) is 4.98. The minimum Gasteiger partial charge on any atom is -0.357 e. The fourth-order valence-electron chi connectivity index (χ4n) is 2.33. The predicted molar refractivity (Wildman–Crippen MR) is 103 cm³/mol. The first kappa shape index (κ1) is 18.8. The lowest BCUT2D eigenvalue weighted by Crippen LogP contribution is -2.38. The van der Waals surface area contributed by atoms with Crippen molar-refractivity contribution in [3.8, 4) is 0 Å². The molecule has 5 nitrogen and oxygen atoms in total. The normalized spacial score (nSPS) is 12.0. The summed E-state index contributed by atoms with van der Waals surface area (Å²) >= 11 is 7.77. The van der Waals surface area contributed by atoms with Crippen LogP contribution in [0.15, 0.2) is 22.6 Å². The number of hydrogen-bond donors (Lipinski definition) is 1. The molecule has 0 aliphatic heterocycles. The lowest BCUT2D eigenvalue weighted by molar-refractivity contribution is 0.461. The molecular weight excluding hydrogens is 342 g/mol. The van der Waals surface area contributed by atoms with Gasteiger partial charge in [-0.2, -0.15) is 0 Å². The summed E-state index contributed by atoms with van der Waals surface area (Å²) in [6.45, 7) is 8.55. The van der Waals surface area contributed by atoms with E-state index in [0.29, 0.717) is 12.5 Å². The monoisotopic (exact) mass is 367 g/mol. The van der Waals surface area contributed by atoms with E-state index in [-0.39, 0.29) is 0 Å². The third-order valence-electron chi connectivity index (χ3n) is 3.62. The maximum Gasteiger partial charge on any atom is 0.194 e. The highest BCUT2D eigenvalue weighted by Crippen LogP contribution is 2.19. The van der Waals surface area contributed by atoms with Crippen molar-refractivity contribution in [1.82, 2.24) is 19.8 Å². The number of halogens is 1. The SMILES string of the molecule is CCNC(=NCc1csc(C(C)C)n1)N(C)Cc1cc(Cl)cn1C. The zero-order valence-electron chi connectivity index (χ0n) is 15.0. The lowest BCUT2D eigenvalue weighted by Gasteiger charge is -2.22. The number of nitrogens with one attached hydrogen (secondary N) is 1. The molecule has 0 spiro atoms. The molecule has 0 unspecified atom stereocenters. The van der Waals surface area contributed by atoms with Crippen molar-refractivity contribution < 1.29 is 0 Å². The molecule has 1 N–H and O–H groups in total. The average molecular weight is 368 g/mol. The van der Waals surface area contributed by atoms with Gasteiger partial charge in [-0.15, -0.1) is 11.3 Å². The van der Waals surface area contributed by atoms with Crippen molar-refractivity contribution in [2.75, 3.05) is 13.6 Å². The Hall–Kier alpha value is -1.53. The third-order valence-corrected chi connectivity index (χ3v) is 5.03. The van der Waals surface area contributed by atoms with Gasteiger partial charge in [0, 0.05) is 43.8 Å². The smallest absolute Gasteiger partial charge is 0.194 e. The van der Waals surface area contributed by atoms with Crippen LogP contribution in [0.1, 0.15) is 43.1 Å². The number of aliphatic imine (C=N–C) groups is 1. The van der Waals surface area contributed by atoms with Gasteiger partial charge in [-0.3, -0.25) is 0 Å². The highest BCUT2D eigenvalue weighted by Gasteiger charge is 2.11. The summed E-state index contributed by atoms with van der Waals surface area (Å²) in [6, 6.07) is 1.98. The van der Waals surface area contributed by atoms with E-state index in [1.165, 1.54) is 0 Å². The summed E-state index contributed by atoms with van der Waals surface area (Å²) in [4.78, 5) is 11.5. The lowest BCUT2D eigenvalue weighted by atomic mass is 10.2. The number of hydrogen-bond acceptors (Lipinski definition) is 3. The Morgan fingerprint density at radius 3 is 2.79 bits per heavy atom. The van der Waals surface area contributed by atoms with E-state index < -0.39 is 0 Å². The molecule has 0 aliphatic rings. The van der Waals surface area contributed by atoms with Crippen LogP contribution in [0, 0.1) is 0 Å². The number of thiazole rings is 1. The van der Waals surface area contributed by atoms with Crippen LogP contribution < -0.4 is 5.32 Å². The molecule has 2 heterocycles. The molecule has 2 aromatic heterocycles. The first-order valence-corrected chi connectivity index (χ1v) is 9.41. The fraction of sp³-hybridized carbons (Fsp3) is 0.529. The molecule has 0 aliphatic carbocycles. The summed E-state index contributed by atoms with van der Waals surface area (Å²) in [5.41, 5.74) is 2.17. The van der Waals surface area contributed by atoms with Gasteiger partial charge in [-0.25, -0.2) is 9.98 Å². The molecule has 0 bridgehead atoms. The molecule has 0 aromatic carbocycles. The van der Waals surface area contributed by atoms with Crippen LogP contribution in [0.4, 0.5) is 0 Å². The Kier molecular flexibility index (Phi) is 6.69. The van der Waals surface area contributed by atoms with Crippen molar-refractivity contribution >= 4 is 28.9 Å². The molecule has 0 atom stereocenters. The molecule has 24 heavy (non-hydrogen) atoms. The molecule has 132 valence electrons. The zero-order valence-corrected chi connectivity index (χ0v) is 16.6. The van der Waals surface area contributed by atoms with Gasteiger partial charge in [-0.1, -0.05) is 25.4 Å². The molecule has 2 rings (SSSR count). The van der Waals surface area contributed by atoms with Gasteiger partial charge in [0.25, 0.3) is 0 Å². The number of nitrogens with zero attached hydrogens (tertiary/aromatic N) is 4. The highest BCUT2D eigenvalue weighted by atomic mass is 35.5. The molecule has 7 heteroatoms. The summed E-state index contributed by atoms with van der Waals surface area (Å²) in [7, 11) is 4.03. The highest BCUT2D eigenvalue weighted by molar-refractivity contribution is 7.09. The van der Waals surface area contributed by atoms with Gasteiger partial charge < -0.3 is 14.8 Å². The van der Waals surface area contributed by atoms with Crippen molar-refractivity contribution in [2.24, 2.45) is 12.0 Å². The summed E-state index contributed by atoms with van der Waals surface area (Å²) in [5, 5.41) is 7.35. The van der Waals surface area contributed by atoms with Crippen molar-refractivity contribution in [3.05, 3.63) is 39.1 Å². The molecule has 2 aromatic rings. The molecule has 0 fully saturated rings. The van der Waals surface area contributed by atoms with Gasteiger partial charge in [0.05, 0.1) is 28.8 Å². The van der Waals surface area contributed by atoms with Crippen LogP contribution in [0.3, 0.4) is 0 Å². The topological polar surface area (TPSA) is 45.5 Å². The minimum atomic E-state index is 0.464. The van der Waals surface area contributed by atoms with Crippen LogP contribution in [0.2, 0.25) is 5.02 Å². The molecular formula is C17H26ClN5S. The van der Waals surface area contributed by atoms with Crippen molar-refractivity contribution in [2.45, 2.75) is 39.8 Å². The summed E-state index contributed by atoms with van der Waals surface area (Å²) in [5.74, 6) is 1.33. The first-order valence-electron chi connectivity index (χ1n) is 8.15. The van der Waals surface area contributed by atoms with Gasteiger partial charge in [0.2, 0.25) is 0 Å². The fourth-order valence-corrected chi connectivity index (χ4v) is 3.43. The van der Waals surface area contributed by atoms with Gasteiger partial charge in [0.1, 0.15) is 0 Å². The second-order valence-electron chi connectivity index (χ2n) is 6.12. The first-order chi connectivity index (χ1) is 11.4. The Labute approximate surface area is 153 Å². The Morgan fingerprint density at radius 1 is 1.50 bits per heavy atom. The van der Waals surface area contributed by atoms with E-state index in [1.54, 1.807) is 11.3 Å². The van der Waals surface area contributed by atoms with E-state index in [0.717, 1.165) is 40.5 Å². The Balaban J connectivity index is 2.07. The summed E-state index contributed by atoms with van der Waals surface area (Å²) < 4.78 is 2.04. The largest absolute Gasteiger partial charge is 0.357 e. The van der Waals surface area contributed by atoms with E-state index in [2.05, 4.69) is 41.4 Å². The second kappa shape index (κ2) is 8.53. The maximum atomic E-state index is 6.07. The number of aryl methyl sites for hydroxylation is 1. The van der Waals surface area contributed by atoms with Crippen LogP contribution in [-0.2, 0) is 20.1 Å². The quantitative estimate of drug-likeness (QED) is 0.623. The van der Waals surface area contributed by atoms with E-state index in [4.69, 9.17) is 16.6 Å². The van der Waals surface area contributed by atoms with Crippen LogP contribution in [0.25, 0.3) is 0 Å². The zero-order chi connectivity index (χ0) is 17.7. The summed E-state index contributed by atoms with van der Waals surface area (Å²) in [6.07, 6.45) is 1.91. The number of guanidine groups is 1. The van der Waals surface area contributed by atoms with Gasteiger partial charge in [0.15, 0.2) is 5.96 Å². The molecule has 0 saturated carbocycles. The van der Waals surface area contributed by atoms with Gasteiger partial charge in [-0.05, 0) is 13.0 Å². The standard InChI is InChI=1S/C17H26ClN5S/c1-6-19-17(20-8-14-11-24-16(21-14)12(2)3)23(5)10-15-7-13(18)9-22(15)4/h7,9,11-12H,6,8,10H2,1-5H3,(H,19,20). The van der Waals surface area contributed by atoms with E-state index in [9.17, 15) is 0 Å². The Morgan fingerprint density at radius 2 is 2.25 bits per heavy atom. The second-order valence-corrected chi connectivity index (χ2v) is 7.44. The average Bonchev–Trinajstić information content (AvgIpc) is 3.10. The van der Waals surface area contributed by atoms with E-state index >= 15 is 0 Å². The van der Waals surface area contributed by atoms with Crippen LogP contribution >= 0.6 is 22.9 Å².